The monoisotopic (exact) mass is 266 g/mol. The lowest BCUT2D eigenvalue weighted by molar-refractivity contribution is -0.141. The van der Waals surface area contributed by atoms with E-state index in [1.54, 1.807) is 12.1 Å². The number of hydrogen-bond acceptors (Lipinski definition) is 5. The molecule has 19 heavy (non-hydrogen) atoms. The standard InChI is InChI=1S/C14H22N2O3/c1-4-16(5-2)10-6-7-11(13(17)8-10)12(15)9-14(18)19-3/h6-8,12,17H,4-5,9,15H2,1-3H3/t12-/m0/s1. The van der Waals surface area contributed by atoms with Crippen LogP contribution >= 0.6 is 0 Å². The number of rotatable bonds is 6. The van der Waals surface area contributed by atoms with Crippen LogP contribution in [0.5, 0.6) is 5.75 Å². The topological polar surface area (TPSA) is 75.8 Å². The molecule has 0 aliphatic heterocycles. The number of carbonyl (C=O) groups is 1. The number of hydrogen-bond donors (Lipinski definition) is 2. The Hall–Kier alpha value is -1.75. The van der Waals surface area contributed by atoms with Gasteiger partial charge in [0, 0.05) is 36.4 Å². The molecule has 0 saturated carbocycles. The zero-order valence-corrected chi connectivity index (χ0v) is 11.7. The molecule has 106 valence electrons. The van der Waals surface area contributed by atoms with Gasteiger partial charge in [0.05, 0.1) is 13.5 Å². The Morgan fingerprint density at radius 1 is 1.42 bits per heavy atom. The predicted molar refractivity (Wildman–Crippen MR) is 75.2 cm³/mol. The normalized spacial score (nSPS) is 12.0. The fraction of sp³-hybridized carbons (Fsp3) is 0.500. The number of carbonyl (C=O) groups excluding carboxylic acids is 1. The number of phenols is 1. The maximum absolute atomic E-state index is 11.2. The van der Waals surface area contributed by atoms with Gasteiger partial charge in [-0.25, -0.2) is 0 Å². The first-order valence-electron chi connectivity index (χ1n) is 6.43. The van der Waals surface area contributed by atoms with Gasteiger partial charge in [-0.3, -0.25) is 4.79 Å². The number of phenolic OH excluding ortho intramolecular Hbond substituents is 1. The molecule has 5 nitrogen and oxygen atoms in total. The van der Waals surface area contributed by atoms with Gasteiger partial charge in [-0.15, -0.1) is 0 Å². The van der Waals surface area contributed by atoms with Gasteiger partial charge < -0.3 is 20.5 Å². The molecule has 0 aliphatic rings. The molecule has 1 aromatic carbocycles. The number of methoxy groups -OCH3 is 1. The zero-order valence-electron chi connectivity index (χ0n) is 11.7. The lowest BCUT2D eigenvalue weighted by Crippen LogP contribution is -2.22. The molecule has 0 amide bonds. The number of ether oxygens (including phenoxy) is 1. The van der Waals surface area contributed by atoms with E-state index in [0.717, 1.165) is 18.8 Å². The van der Waals surface area contributed by atoms with Crippen LogP contribution in [0.2, 0.25) is 0 Å². The number of aromatic hydroxyl groups is 1. The van der Waals surface area contributed by atoms with Crippen molar-refractivity contribution in [3.8, 4) is 5.75 Å². The van der Waals surface area contributed by atoms with E-state index < -0.39 is 6.04 Å². The minimum atomic E-state index is -0.557. The SMILES string of the molecule is CCN(CC)c1ccc([C@@H](N)CC(=O)OC)c(O)c1. The van der Waals surface area contributed by atoms with Crippen molar-refractivity contribution in [1.29, 1.82) is 0 Å². The second-order valence-corrected chi connectivity index (χ2v) is 4.30. The van der Waals surface area contributed by atoms with Gasteiger partial charge in [0.2, 0.25) is 0 Å². The van der Waals surface area contributed by atoms with E-state index in [2.05, 4.69) is 23.5 Å². The van der Waals surface area contributed by atoms with E-state index in [0.29, 0.717) is 5.56 Å². The summed E-state index contributed by atoms with van der Waals surface area (Å²) in [4.78, 5) is 13.3. The summed E-state index contributed by atoms with van der Waals surface area (Å²) in [5.41, 5.74) is 7.39. The van der Waals surface area contributed by atoms with Gasteiger partial charge in [-0.1, -0.05) is 6.07 Å². The van der Waals surface area contributed by atoms with Crippen LogP contribution in [-0.2, 0) is 9.53 Å². The number of benzene rings is 1. The Morgan fingerprint density at radius 2 is 2.05 bits per heavy atom. The highest BCUT2D eigenvalue weighted by Crippen LogP contribution is 2.29. The van der Waals surface area contributed by atoms with Crippen molar-refractivity contribution in [1.82, 2.24) is 0 Å². The number of anilines is 1. The highest BCUT2D eigenvalue weighted by atomic mass is 16.5. The molecule has 0 fully saturated rings. The second-order valence-electron chi connectivity index (χ2n) is 4.30. The fourth-order valence-electron chi connectivity index (χ4n) is 2.00. The molecule has 0 aromatic heterocycles. The van der Waals surface area contributed by atoms with Crippen LogP contribution in [0.3, 0.4) is 0 Å². The molecule has 1 atom stereocenters. The Bertz CT molecular complexity index is 431. The van der Waals surface area contributed by atoms with E-state index in [4.69, 9.17) is 5.73 Å². The highest BCUT2D eigenvalue weighted by molar-refractivity contribution is 5.70. The molecule has 0 aliphatic carbocycles. The molecule has 0 heterocycles. The quantitative estimate of drug-likeness (QED) is 0.768. The van der Waals surface area contributed by atoms with E-state index in [-0.39, 0.29) is 18.1 Å². The summed E-state index contributed by atoms with van der Waals surface area (Å²) < 4.78 is 4.57. The lowest BCUT2D eigenvalue weighted by atomic mass is 10.0. The van der Waals surface area contributed by atoms with E-state index in [1.165, 1.54) is 7.11 Å². The van der Waals surface area contributed by atoms with Crippen LogP contribution in [0.15, 0.2) is 18.2 Å². The number of nitrogens with two attached hydrogens (primary N) is 1. The molecule has 3 N–H and O–H groups in total. The molecule has 1 rings (SSSR count). The molecule has 0 unspecified atom stereocenters. The fourth-order valence-corrected chi connectivity index (χ4v) is 2.00. The Balaban J connectivity index is 2.90. The average molecular weight is 266 g/mol. The summed E-state index contributed by atoms with van der Waals surface area (Å²) in [7, 11) is 1.32. The van der Waals surface area contributed by atoms with E-state index in [1.807, 2.05) is 6.07 Å². The van der Waals surface area contributed by atoms with Crippen molar-refractivity contribution in [3.05, 3.63) is 23.8 Å². The molecule has 1 aromatic rings. The largest absolute Gasteiger partial charge is 0.508 e. The minimum Gasteiger partial charge on any atom is -0.508 e. The predicted octanol–water partition coefficient (Wildman–Crippen LogP) is 1.80. The summed E-state index contributed by atoms with van der Waals surface area (Å²) in [5, 5.41) is 10.0. The number of nitrogens with zero attached hydrogens (tertiary/aromatic N) is 1. The van der Waals surface area contributed by atoms with Crippen molar-refractivity contribution in [3.63, 3.8) is 0 Å². The van der Waals surface area contributed by atoms with Gasteiger partial charge in [0.15, 0.2) is 0 Å². The third-order valence-corrected chi connectivity index (χ3v) is 3.16. The second kappa shape index (κ2) is 6.99. The van der Waals surface area contributed by atoms with Crippen LogP contribution in [0.25, 0.3) is 0 Å². The first kappa shape index (κ1) is 15.3. The van der Waals surface area contributed by atoms with Gasteiger partial charge in [-0.05, 0) is 19.9 Å². The van der Waals surface area contributed by atoms with Crippen LogP contribution < -0.4 is 10.6 Å². The molecule has 0 spiro atoms. The molecular formula is C14H22N2O3. The summed E-state index contributed by atoms with van der Waals surface area (Å²) >= 11 is 0. The summed E-state index contributed by atoms with van der Waals surface area (Å²) in [6.45, 7) is 5.84. The third-order valence-electron chi connectivity index (χ3n) is 3.16. The first-order valence-corrected chi connectivity index (χ1v) is 6.43. The maximum atomic E-state index is 11.2. The van der Waals surface area contributed by atoms with Crippen molar-refractivity contribution >= 4 is 11.7 Å². The van der Waals surface area contributed by atoms with Crippen molar-refractivity contribution in [2.45, 2.75) is 26.3 Å². The Kier molecular flexibility index (Phi) is 5.63. The molecule has 0 bridgehead atoms. The van der Waals surface area contributed by atoms with Crippen LogP contribution in [-0.4, -0.2) is 31.3 Å². The van der Waals surface area contributed by atoms with Crippen LogP contribution in [0.4, 0.5) is 5.69 Å². The van der Waals surface area contributed by atoms with Crippen molar-refractivity contribution in [2.24, 2.45) is 5.73 Å². The minimum absolute atomic E-state index is 0.0503. The van der Waals surface area contributed by atoms with E-state index in [9.17, 15) is 9.90 Å². The van der Waals surface area contributed by atoms with Crippen molar-refractivity contribution in [2.75, 3.05) is 25.1 Å². The summed E-state index contributed by atoms with van der Waals surface area (Å²) in [6, 6.07) is 4.79. The highest BCUT2D eigenvalue weighted by Gasteiger charge is 2.16. The maximum Gasteiger partial charge on any atom is 0.307 e. The molecule has 5 heteroatoms. The van der Waals surface area contributed by atoms with Gasteiger partial charge in [0.25, 0.3) is 0 Å². The van der Waals surface area contributed by atoms with Crippen molar-refractivity contribution < 1.29 is 14.6 Å². The lowest BCUT2D eigenvalue weighted by Gasteiger charge is -2.22. The number of esters is 1. The Morgan fingerprint density at radius 3 is 2.53 bits per heavy atom. The summed E-state index contributed by atoms with van der Waals surface area (Å²) in [6.07, 6.45) is 0.0503. The molecular weight excluding hydrogens is 244 g/mol. The Labute approximate surface area is 114 Å². The smallest absolute Gasteiger partial charge is 0.307 e. The van der Waals surface area contributed by atoms with E-state index >= 15 is 0 Å². The third kappa shape index (κ3) is 3.86. The average Bonchev–Trinajstić information content (AvgIpc) is 2.40. The summed E-state index contributed by atoms with van der Waals surface area (Å²) in [5.74, 6) is -0.277. The first-order chi connectivity index (χ1) is 9.03. The van der Waals surface area contributed by atoms with Crippen LogP contribution in [0.1, 0.15) is 31.9 Å². The van der Waals surface area contributed by atoms with Gasteiger partial charge >= 0.3 is 5.97 Å². The van der Waals surface area contributed by atoms with Gasteiger partial charge in [0.1, 0.15) is 5.75 Å². The molecule has 0 saturated heterocycles. The molecule has 0 radical (unpaired) electrons. The zero-order chi connectivity index (χ0) is 14.4. The van der Waals surface area contributed by atoms with Crippen LogP contribution in [0, 0.1) is 0 Å². The van der Waals surface area contributed by atoms with Gasteiger partial charge in [-0.2, -0.15) is 0 Å².